The lowest BCUT2D eigenvalue weighted by Gasteiger charge is -2.18. The number of nitrogens with zero attached hydrogens (tertiary/aromatic N) is 5. The van der Waals surface area contributed by atoms with Crippen molar-refractivity contribution in [3.8, 4) is 23.1 Å². The molecule has 5 aromatic rings. The molecule has 10 heteroatoms. The van der Waals surface area contributed by atoms with E-state index in [-0.39, 0.29) is 17.6 Å². The van der Waals surface area contributed by atoms with Crippen LogP contribution in [0.1, 0.15) is 40.0 Å². The summed E-state index contributed by atoms with van der Waals surface area (Å²) in [5, 5.41) is 23.2. The van der Waals surface area contributed by atoms with Crippen LogP contribution in [-0.2, 0) is 6.54 Å². The Balaban J connectivity index is 1.62. The average Bonchev–Trinajstić information content (AvgIpc) is 3.00. The Morgan fingerprint density at radius 3 is 2.49 bits per heavy atom. The van der Waals surface area contributed by atoms with Gasteiger partial charge < -0.3 is 10.4 Å². The van der Waals surface area contributed by atoms with Crippen molar-refractivity contribution >= 4 is 22.6 Å². The second-order valence-electron chi connectivity index (χ2n) is 9.28. The maximum Gasteiger partial charge on any atom is 0.269 e. The van der Waals surface area contributed by atoms with Gasteiger partial charge in [0.15, 0.2) is 0 Å². The first-order valence-corrected chi connectivity index (χ1v) is 12.4. The van der Waals surface area contributed by atoms with E-state index in [9.17, 15) is 19.1 Å². The SMILES string of the molecule is [C-]#[N+]c1ccc(-c2cnc3c(c2)c(O)c(C(=O)NC(C)c2ccc(C#N)cc2)c(=O)n3Cc2ccc(F)cc2)nc1. The summed E-state index contributed by atoms with van der Waals surface area (Å²) >= 11 is 0. The van der Waals surface area contributed by atoms with Crippen LogP contribution < -0.4 is 10.9 Å². The van der Waals surface area contributed by atoms with Crippen LogP contribution in [0, 0.1) is 23.7 Å². The first-order valence-electron chi connectivity index (χ1n) is 12.4. The Bertz CT molecular complexity index is 1920. The second kappa shape index (κ2) is 11.1. The number of nitriles is 1. The van der Waals surface area contributed by atoms with Gasteiger partial charge in [-0.2, -0.15) is 5.26 Å². The number of carbonyl (C=O) groups is 1. The van der Waals surface area contributed by atoms with Gasteiger partial charge in [0.1, 0.15) is 22.8 Å². The largest absolute Gasteiger partial charge is 0.506 e. The van der Waals surface area contributed by atoms with Crippen LogP contribution in [-0.4, -0.2) is 25.5 Å². The van der Waals surface area contributed by atoms with Gasteiger partial charge in [0.25, 0.3) is 11.5 Å². The van der Waals surface area contributed by atoms with Crippen LogP contribution in [0.2, 0.25) is 0 Å². The van der Waals surface area contributed by atoms with Crippen LogP contribution in [0.4, 0.5) is 10.1 Å². The summed E-state index contributed by atoms with van der Waals surface area (Å²) in [4.78, 5) is 39.2. The maximum atomic E-state index is 13.7. The fourth-order valence-electron chi connectivity index (χ4n) is 4.40. The minimum Gasteiger partial charge on any atom is -0.506 e. The molecular formula is C31H21FN6O3. The van der Waals surface area contributed by atoms with E-state index in [0.717, 1.165) is 0 Å². The summed E-state index contributed by atoms with van der Waals surface area (Å²) in [6, 6.07) is 18.5. The van der Waals surface area contributed by atoms with Crippen LogP contribution in [0.3, 0.4) is 0 Å². The summed E-state index contributed by atoms with van der Waals surface area (Å²) in [6.45, 7) is 8.80. The molecule has 1 amide bonds. The van der Waals surface area contributed by atoms with Crippen LogP contribution in [0.15, 0.2) is 83.9 Å². The molecular weight excluding hydrogens is 523 g/mol. The Kier molecular flexibility index (Phi) is 7.23. The van der Waals surface area contributed by atoms with Crippen LogP contribution in [0.25, 0.3) is 27.1 Å². The fourth-order valence-corrected chi connectivity index (χ4v) is 4.40. The fraction of sp³-hybridized carbons (Fsp3) is 0.0968. The highest BCUT2D eigenvalue weighted by Gasteiger charge is 2.25. The van der Waals surface area contributed by atoms with Gasteiger partial charge in [0, 0.05) is 18.0 Å². The van der Waals surface area contributed by atoms with Crippen molar-refractivity contribution in [1.82, 2.24) is 19.9 Å². The van der Waals surface area contributed by atoms with E-state index in [4.69, 9.17) is 11.8 Å². The average molecular weight is 545 g/mol. The number of fused-ring (bicyclic) bond motifs is 1. The van der Waals surface area contributed by atoms with Gasteiger partial charge in [0.2, 0.25) is 5.69 Å². The molecule has 3 aromatic heterocycles. The molecule has 0 spiro atoms. The lowest BCUT2D eigenvalue weighted by Crippen LogP contribution is -2.35. The molecule has 0 aliphatic heterocycles. The van der Waals surface area contributed by atoms with Gasteiger partial charge in [0.05, 0.1) is 41.9 Å². The molecule has 9 nitrogen and oxygen atoms in total. The molecule has 0 aliphatic rings. The minimum atomic E-state index is -0.802. The number of nitrogens with one attached hydrogen (secondary N) is 1. The van der Waals surface area contributed by atoms with Crippen molar-refractivity contribution < 1.29 is 14.3 Å². The zero-order valence-corrected chi connectivity index (χ0v) is 21.7. The number of halogens is 1. The van der Waals surface area contributed by atoms with Gasteiger partial charge in [-0.1, -0.05) is 30.3 Å². The van der Waals surface area contributed by atoms with Gasteiger partial charge in [-0.3, -0.25) is 19.1 Å². The van der Waals surface area contributed by atoms with Crippen molar-refractivity contribution in [3.63, 3.8) is 0 Å². The summed E-state index contributed by atoms with van der Waals surface area (Å²) in [5.74, 6) is -1.78. The zero-order valence-electron chi connectivity index (χ0n) is 21.7. The molecule has 41 heavy (non-hydrogen) atoms. The molecule has 1 atom stereocenters. The molecule has 0 saturated carbocycles. The molecule has 0 fully saturated rings. The lowest BCUT2D eigenvalue weighted by molar-refractivity contribution is 0.0935. The molecule has 2 aromatic carbocycles. The Labute approximate surface area is 233 Å². The summed E-state index contributed by atoms with van der Waals surface area (Å²) in [5.41, 5.74) is 1.94. The lowest BCUT2D eigenvalue weighted by atomic mass is 10.0. The third kappa shape index (κ3) is 5.35. The summed E-state index contributed by atoms with van der Waals surface area (Å²) in [7, 11) is 0. The van der Waals surface area contributed by atoms with Crippen molar-refractivity contribution in [2.24, 2.45) is 0 Å². The van der Waals surface area contributed by atoms with Gasteiger partial charge in [-0.25, -0.2) is 14.2 Å². The number of aromatic nitrogens is 3. The second-order valence-corrected chi connectivity index (χ2v) is 9.28. The summed E-state index contributed by atoms with van der Waals surface area (Å²) < 4.78 is 14.8. The van der Waals surface area contributed by atoms with Crippen molar-refractivity contribution in [1.29, 1.82) is 5.26 Å². The molecule has 2 N–H and O–H groups in total. The predicted molar refractivity (Wildman–Crippen MR) is 150 cm³/mol. The van der Waals surface area contributed by atoms with E-state index in [1.807, 2.05) is 6.07 Å². The van der Waals surface area contributed by atoms with Crippen molar-refractivity contribution in [2.75, 3.05) is 0 Å². The summed E-state index contributed by atoms with van der Waals surface area (Å²) in [6.07, 6.45) is 2.89. The molecule has 0 saturated heterocycles. The number of amides is 1. The molecule has 0 aliphatic carbocycles. The first-order chi connectivity index (χ1) is 19.8. The predicted octanol–water partition coefficient (Wildman–Crippen LogP) is 5.26. The third-order valence-electron chi connectivity index (χ3n) is 6.61. The number of hydrogen-bond acceptors (Lipinski definition) is 6. The first kappa shape index (κ1) is 26.7. The van der Waals surface area contributed by atoms with Crippen molar-refractivity contribution in [2.45, 2.75) is 19.5 Å². The molecule has 3 heterocycles. The zero-order chi connectivity index (χ0) is 29.1. The van der Waals surface area contributed by atoms with E-state index in [0.29, 0.717) is 33.6 Å². The number of carbonyl (C=O) groups excluding carboxylic acids is 1. The number of aromatic hydroxyl groups is 1. The van der Waals surface area contributed by atoms with E-state index < -0.39 is 34.6 Å². The molecule has 0 radical (unpaired) electrons. The highest BCUT2D eigenvalue weighted by atomic mass is 19.1. The van der Waals surface area contributed by atoms with E-state index in [1.54, 1.807) is 49.4 Å². The highest BCUT2D eigenvalue weighted by molar-refractivity contribution is 6.02. The number of pyridine rings is 3. The Hall–Kier alpha value is -5.87. The number of benzene rings is 2. The van der Waals surface area contributed by atoms with Gasteiger partial charge in [-0.05, 0) is 54.4 Å². The third-order valence-corrected chi connectivity index (χ3v) is 6.61. The van der Waals surface area contributed by atoms with Crippen LogP contribution in [0.5, 0.6) is 5.75 Å². The molecule has 0 bridgehead atoms. The molecule has 1 unspecified atom stereocenters. The normalized spacial score (nSPS) is 11.4. The van der Waals surface area contributed by atoms with Crippen molar-refractivity contribution in [3.05, 3.63) is 129 Å². The Morgan fingerprint density at radius 2 is 1.85 bits per heavy atom. The highest BCUT2D eigenvalue weighted by Crippen LogP contribution is 2.30. The monoisotopic (exact) mass is 544 g/mol. The minimum absolute atomic E-state index is 0.0361. The molecule has 200 valence electrons. The standard InChI is InChI=1S/C31H21FN6O3/c1-18(21-7-3-19(14-33)4-8-21)37-30(40)27-28(39)25-13-22(26-12-11-24(34-2)16-35-26)15-36-29(25)38(31(27)41)17-20-5-9-23(32)10-6-20/h3-13,15-16,18,39H,17H2,1H3,(H,37,40). The van der Waals surface area contributed by atoms with Crippen LogP contribution >= 0.6 is 0 Å². The smallest absolute Gasteiger partial charge is 0.269 e. The number of rotatable bonds is 6. The topological polar surface area (TPSA) is 125 Å². The maximum absolute atomic E-state index is 13.7. The van der Waals surface area contributed by atoms with E-state index in [2.05, 4.69) is 20.1 Å². The molecule has 5 rings (SSSR count). The number of hydrogen-bond donors (Lipinski definition) is 2. The van der Waals surface area contributed by atoms with E-state index >= 15 is 0 Å². The van der Waals surface area contributed by atoms with Gasteiger partial charge in [-0.15, -0.1) is 0 Å². The quantitative estimate of drug-likeness (QED) is 0.281. The van der Waals surface area contributed by atoms with Gasteiger partial charge >= 0.3 is 0 Å². The van der Waals surface area contributed by atoms with E-state index in [1.165, 1.54) is 41.2 Å². The Morgan fingerprint density at radius 1 is 1.12 bits per heavy atom.